The molecular formula is C22H14Cl3FN2O. The molecule has 0 saturated carbocycles. The summed E-state index contributed by atoms with van der Waals surface area (Å²) >= 11 is 18.7. The third-order valence-electron chi connectivity index (χ3n) is 5.14. The highest BCUT2D eigenvalue weighted by Crippen LogP contribution is 2.50. The van der Waals surface area contributed by atoms with Crippen LogP contribution in [0.1, 0.15) is 35.4 Å². The van der Waals surface area contributed by atoms with Crippen molar-refractivity contribution in [3.8, 4) is 5.75 Å². The van der Waals surface area contributed by atoms with Gasteiger partial charge in [-0.25, -0.2) is 9.40 Å². The van der Waals surface area contributed by atoms with Gasteiger partial charge in [0, 0.05) is 27.6 Å². The maximum Gasteiger partial charge on any atom is 0.213 e. The van der Waals surface area contributed by atoms with E-state index in [-0.39, 0.29) is 11.9 Å². The molecule has 0 spiro atoms. The molecule has 0 amide bonds. The Balaban J connectivity index is 1.62. The van der Waals surface area contributed by atoms with Gasteiger partial charge < -0.3 is 4.74 Å². The molecular weight excluding hydrogens is 434 g/mol. The quantitative estimate of drug-likeness (QED) is 0.421. The number of nitrogens with zero attached hydrogens (tertiary/aromatic N) is 2. The third kappa shape index (κ3) is 3.35. The van der Waals surface area contributed by atoms with E-state index in [1.807, 2.05) is 35.3 Å². The number of hydrogen-bond donors (Lipinski definition) is 0. The lowest BCUT2D eigenvalue weighted by Crippen LogP contribution is -2.33. The zero-order valence-corrected chi connectivity index (χ0v) is 17.2. The van der Waals surface area contributed by atoms with Crippen molar-refractivity contribution in [3.05, 3.63) is 98.2 Å². The Morgan fingerprint density at radius 3 is 2.38 bits per heavy atom. The van der Waals surface area contributed by atoms with Gasteiger partial charge in [0.2, 0.25) is 6.23 Å². The van der Waals surface area contributed by atoms with Crippen molar-refractivity contribution in [2.45, 2.75) is 18.7 Å². The number of hydrazone groups is 1. The van der Waals surface area contributed by atoms with Crippen LogP contribution in [0.4, 0.5) is 4.39 Å². The van der Waals surface area contributed by atoms with Gasteiger partial charge in [-0.2, -0.15) is 5.10 Å². The fourth-order valence-corrected chi connectivity index (χ4v) is 4.46. The molecule has 146 valence electrons. The van der Waals surface area contributed by atoms with Crippen LogP contribution >= 0.6 is 34.8 Å². The van der Waals surface area contributed by atoms with Gasteiger partial charge in [-0.15, -0.1) is 0 Å². The molecule has 2 heterocycles. The molecule has 2 atom stereocenters. The first kappa shape index (κ1) is 18.7. The van der Waals surface area contributed by atoms with Crippen LogP contribution in [-0.4, -0.2) is 10.7 Å². The molecule has 0 radical (unpaired) electrons. The van der Waals surface area contributed by atoms with E-state index in [1.54, 1.807) is 18.2 Å². The van der Waals surface area contributed by atoms with Crippen LogP contribution in [0, 0.1) is 5.82 Å². The average molecular weight is 448 g/mol. The third-order valence-corrected chi connectivity index (χ3v) is 5.89. The second-order valence-corrected chi connectivity index (χ2v) is 8.26. The maximum atomic E-state index is 13.5. The average Bonchev–Trinajstić information content (AvgIpc) is 3.14. The predicted molar refractivity (Wildman–Crippen MR) is 113 cm³/mol. The van der Waals surface area contributed by atoms with Gasteiger partial charge in [0.25, 0.3) is 0 Å². The van der Waals surface area contributed by atoms with E-state index in [1.165, 1.54) is 12.1 Å². The van der Waals surface area contributed by atoms with Crippen LogP contribution in [0.25, 0.3) is 0 Å². The summed E-state index contributed by atoms with van der Waals surface area (Å²) < 4.78 is 19.7. The van der Waals surface area contributed by atoms with Gasteiger partial charge in [0.15, 0.2) is 0 Å². The van der Waals surface area contributed by atoms with Gasteiger partial charge in [-0.1, -0.05) is 59.1 Å². The zero-order valence-electron chi connectivity index (χ0n) is 14.9. The van der Waals surface area contributed by atoms with E-state index in [0.29, 0.717) is 27.2 Å². The summed E-state index contributed by atoms with van der Waals surface area (Å²) in [6.45, 7) is 0. The Morgan fingerprint density at radius 2 is 1.66 bits per heavy atom. The maximum absolute atomic E-state index is 13.5. The summed E-state index contributed by atoms with van der Waals surface area (Å²) in [6.07, 6.45) is 0.128. The van der Waals surface area contributed by atoms with Crippen molar-refractivity contribution >= 4 is 40.5 Å². The molecule has 0 saturated heterocycles. The fraction of sp³-hybridized carbons (Fsp3) is 0.136. The number of halogens is 4. The van der Waals surface area contributed by atoms with Gasteiger partial charge in [-0.3, -0.25) is 0 Å². The first-order chi connectivity index (χ1) is 14.0. The Bertz CT molecular complexity index is 1120. The van der Waals surface area contributed by atoms with E-state index in [2.05, 4.69) is 0 Å². The summed E-state index contributed by atoms with van der Waals surface area (Å²) in [4.78, 5) is 0. The Labute approximate surface area is 182 Å². The normalized spacial score (nSPS) is 20.0. The Hall–Kier alpha value is -2.27. The summed E-state index contributed by atoms with van der Waals surface area (Å²) in [5, 5.41) is 8.40. The van der Waals surface area contributed by atoms with Crippen LogP contribution in [0.15, 0.2) is 65.8 Å². The molecule has 0 fully saturated rings. The molecule has 2 aliphatic heterocycles. The van der Waals surface area contributed by atoms with Crippen molar-refractivity contribution in [1.82, 2.24) is 5.01 Å². The molecule has 0 unspecified atom stereocenters. The lowest BCUT2D eigenvalue weighted by atomic mass is 9.96. The molecule has 29 heavy (non-hydrogen) atoms. The van der Waals surface area contributed by atoms with Crippen LogP contribution in [0.5, 0.6) is 5.75 Å². The highest BCUT2D eigenvalue weighted by atomic mass is 35.5. The number of fused-ring (bicyclic) bond motifs is 3. The molecule has 2 aliphatic rings. The van der Waals surface area contributed by atoms with Crippen molar-refractivity contribution in [2.75, 3.05) is 0 Å². The van der Waals surface area contributed by atoms with E-state index in [9.17, 15) is 4.39 Å². The van der Waals surface area contributed by atoms with Crippen LogP contribution in [0.3, 0.4) is 0 Å². The first-order valence-corrected chi connectivity index (χ1v) is 10.2. The molecule has 5 rings (SSSR count). The highest BCUT2D eigenvalue weighted by molar-refractivity contribution is 6.35. The largest absolute Gasteiger partial charge is 0.463 e. The van der Waals surface area contributed by atoms with Crippen molar-refractivity contribution in [3.63, 3.8) is 0 Å². The second-order valence-electron chi connectivity index (χ2n) is 6.98. The summed E-state index contributed by atoms with van der Waals surface area (Å²) in [7, 11) is 0. The minimum Gasteiger partial charge on any atom is -0.463 e. The minimum atomic E-state index is -0.531. The zero-order chi connectivity index (χ0) is 20.1. The van der Waals surface area contributed by atoms with Gasteiger partial charge in [0.05, 0.1) is 16.8 Å². The Kier molecular flexibility index (Phi) is 4.66. The summed E-state index contributed by atoms with van der Waals surface area (Å²) in [6, 6.07) is 17.2. The van der Waals surface area contributed by atoms with E-state index >= 15 is 0 Å². The Morgan fingerprint density at radius 1 is 0.931 bits per heavy atom. The van der Waals surface area contributed by atoms with Gasteiger partial charge in [-0.05, 0) is 42.0 Å². The summed E-state index contributed by atoms with van der Waals surface area (Å²) in [5.41, 5.74) is 3.56. The van der Waals surface area contributed by atoms with Crippen molar-refractivity contribution < 1.29 is 9.13 Å². The molecule has 0 N–H and O–H groups in total. The van der Waals surface area contributed by atoms with Gasteiger partial charge in [0.1, 0.15) is 11.6 Å². The molecule has 0 aliphatic carbocycles. The standard InChI is InChI=1S/C22H14Cl3FN2O/c23-14-5-1-12(2-6-14)19-11-20-17-9-15(24)10-18(25)21(17)29-22(28(20)27-19)13-3-7-16(26)8-4-13/h1-10,20,22H,11H2/t20-,22+/m1/s1. The van der Waals surface area contributed by atoms with E-state index < -0.39 is 6.23 Å². The monoisotopic (exact) mass is 446 g/mol. The van der Waals surface area contributed by atoms with Crippen molar-refractivity contribution in [2.24, 2.45) is 5.10 Å². The second kappa shape index (κ2) is 7.21. The number of benzene rings is 3. The molecule has 0 aromatic heterocycles. The molecule has 3 aromatic carbocycles. The summed E-state index contributed by atoms with van der Waals surface area (Å²) in [5.74, 6) is 0.275. The first-order valence-electron chi connectivity index (χ1n) is 9.02. The smallest absolute Gasteiger partial charge is 0.213 e. The lowest BCUT2D eigenvalue weighted by molar-refractivity contribution is -0.0189. The number of rotatable bonds is 2. The number of ether oxygens (including phenoxy) is 1. The SMILES string of the molecule is Fc1ccc([C@@H]2Oc3c(Cl)cc(Cl)cc3[C@H]3CC(c4ccc(Cl)cc4)=NN32)cc1. The predicted octanol–water partition coefficient (Wildman–Crippen LogP) is 7.03. The van der Waals surface area contributed by atoms with Crippen LogP contribution < -0.4 is 4.74 Å². The van der Waals surface area contributed by atoms with E-state index in [0.717, 1.165) is 22.4 Å². The number of hydrogen-bond acceptors (Lipinski definition) is 3. The lowest BCUT2D eigenvalue weighted by Gasteiger charge is -2.38. The van der Waals surface area contributed by atoms with Crippen molar-refractivity contribution in [1.29, 1.82) is 0 Å². The molecule has 0 bridgehead atoms. The molecule has 3 nitrogen and oxygen atoms in total. The minimum absolute atomic E-state index is 0.101. The molecule has 3 aromatic rings. The molecule has 7 heteroatoms. The van der Waals surface area contributed by atoms with Crippen LogP contribution in [0.2, 0.25) is 15.1 Å². The van der Waals surface area contributed by atoms with E-state index in [4.69, 9.17) is 44.6 Å². The van der Waals surface area contributed by atoms with Gasteiger partial charge >= 0.3 is 0 Å². The van der Waals surface area contributed by atoms with Crippen LogP contribution in [-0.2, 0) is 0 Å². The topological polar surface area (TPSA) is 24.8 Å². The fourth-order valence-electron chi connectivity index (χ4n) is 3.78. The highest BCUT2D eigenvalue weighted by Gasteiger charge is 2.42.